The van der Waals surface area contributed by atoms with E-state index in [0.29, 0.717) is 15.8 Å². The molecule has 0 bridgehead atoms. The van der Waals surface area contributed by atoms with Crippen LogP contribution in [0.15, 0.2) is 35.4 Å². The van der Waals surface area contributed by atoms with Crippen molar-refractivity contribution in [3.05, 3.63) is 62.1 Å². The summed E-state index contributed by atoms with van der Waals surface area (Å²) in [7, 11) is 0. The summed E-state index contributed by atoms with van der Waals surface area (Å²) >= 11 is 17.7. The van der Waals surface area contributed by atoms with Gasteiger partial charge in [0.25, 0.3) is 5.91 Å². The standard InChI is InChI=1S/C18H17Cl3N2O2/c1-10-4-5-13(6-11(10)2)12(3)22-23-18(24)9-25-17-8-15(20)14(19)7-16(17)21/h4-8H,9H2,1-3H3,(H,23,24). The van der Waals surface area contributed by atoms with Crippen molar-refractivity contribution >= 4 is 46.4 Å². The Bertz CT molecular complexity index is 835. The monoisotopic (exact) mass is 398 g/mol. The molecule has 1 amide bonds. The van der Waals surface area contributed by atoms with Crippen LogP contribution in [0.3, 0.4) is 0 Å². The van der Waals surface area contributed by atoms with Crippen LogP contribution in [0.4, 0.5) is 0 Å². The topological polar surface area (TPSA) is 50.7 Å². The van der Waals surface area contributed by atoms with Crippen LogP contribution in [0.25, 0.3) is 0 Å². The van der Waals surface area contributed by atoms with Gasteiger partial charge in [-0.05, 0) is 49.6 Å². The van der Waals surface area contributed by atoms with Gasteiger partial charge in [-0.15, -0.1) is 0 Å². The summed E-state index contributed by atoms with van der Waals surface area (Å²) in [5.41, 5.74) is 6.46. The van der Waals surface area contributed by atoms with Crippen LogP contribution in [0.2, 0.25) is 15.1 Å². The second kappa shape index (κ2) is 8.56. The van der Waals surface area contributed by atoms with E-state index in [1.807, 2.05) is 39.0 Å². The molecule has 0 saturated carbocycles. The molecule has 0 atom stereocenters. The van der Waals surface area contributed by atoms with Gasteiger partial charge in [0, 0.05) is 6.07 Å². The minimum Gasteiger partial charge on any atom is -0.482 e. The number of hydrazone groups is 1. The molecule has 7 heteroatoms. The third kappa shape index (κ3) is 5.36. The molecule has 0 fully saturated rings. The molecule has 2 aromatic rings. The number of benzene rings is 2. The fraction of sp³-hybridized carbons (Fsp3) is 0.222. The third-order valence-electron chi connectivity index (χ3n) is 3.61. The molecule has 0 spiro atoms. The third-order valence-corrected chi connectivity index (χ3v) is 4.62. The molecule has 4 nitrogen and oxygen atoms in total. The van der Waals surface area contributed by atoms with E-state index in [9.17, 15) is 4.79 Å². The van der Waals surface area contributed by atoms with Crippen molar-refractivity contribution in [2.45, 2.75) is 20.8 Å². The number of rotatable bonds is 5. The summed E-state index contributed by atoms with van der Waals surface area (Å²) < 4.78 is 5.35. The van der Waals surface area contributed by atoms with Gasteiger partial charge >= 0.3 is 0 Å². The molecule has 2 aromatic carbocycles. The van der Waals surface area contributed by atoms with Crippen LogP contribution < -0.4 is 10.2 Å². The molecule has 0 radical (unpaired) electrons. The zero-order valence-electron chi connectivity index (χ0n) is 14.0. The summed E-state index contributed by atoms with van der Waals surface area (Å²) in [6.07, 6.45) is 0. The molecular formula is C18H17Cl3N2O2. The summed E-state index contributed by atoms with van der Waals surface area (Å²) in [6.45, 7) is 5.64. The van der Waals surface area contributed by atoms with E-state index in [4.69, 9.17) is 39.5 Å². The first-order valence-corrected chi connectivity index (χ1v) is 8.59. The summed E-state index contributed by atoms with van der Waals surface area (Å²) in [5, 5.41) is 4.98. The van der Waals surface area contributed by atoms with Crippen molar-refractivity contribution in [3.63, 3.8) is 0 Å². The Kier molecular flexibility index (Phi) is 6.71. The number of hydrogen-bond donors (Lipinski definition) is 1. The highest BCUT2D eigenvalue weighted by atomic mass is 35.5. The van der Waals surface area contributed by atoms with E-state index in [0.717, 1.165) is 11.1 Å². The number of carbonyl (C=O) groups is 1. The van der Waals surface area contributed by atoms with Crippen molar-refractivity contribution in [2.24, 2.45) is 5.10 Å². The highest BCUT2D eigenvalue weighted by molar-refractivity contribution is 6.43. The molecule has 0 heterocycles. The number of amides is 1. The molecule has 0 saturated heterocycles. The summed E-state index contributed by atoms with van der Waals surface area (Å²) in [5.74, 6) is -0.133. The first-order valence-electron chi connectivity index (χ1n) is 7.46. The normalized spacial score (nSPS) is 11.4. The Labute approximate surface area is 161 Å². The molecule has 0 aliphatic rings. The number of nitrogens with one attached hydrogen (secondary N) is 1. The van der Waals surface area contributed by atoms with Crippen LogP contribution in [-0.4, -0.2) is 18.2 Å². The lowest BCUT2D eigenvalue weighted by atomic mass is 10.0. The summed E-state index contributed by atoms with van der Waals surface area (Å²) in [6, 6.07) is 8.91. The molecule has 25 heavy (non-hydrogen) atoms. The van der Waals surface area contributed by atoms with Gasteiger partial charge in [0.2, 0.25) is 0 Å². The Morgan fingerprint density at radius 2 is 1.72 bits per heavy atom. The second-order valence-corrected chi connectivity index (χ2v) is 6.74. The lowest BCUT2D eigenvalue weighted by molar-refractivity contribution is -0.123. The number of carbonyl (C=O) groups excluding carboxylic acids is 1. The van der Waals surface area contributed by atoms with E-state index in [1.54, 1.807) is 0 Å². The predicted octanol–water partition coefficient (Wildman–Crippen LogP) is 5.18. The average Bonchev–Trinajstić information content (AvgIpc) is 2.57. The molecule has 1 N–H and O–H groups in total. The Morgan fingerprint density at radius 1 is 1.04 bits per heavy atom. The van der Waals surface area contributed by atoms with Gasteiger partial charge in [0.05, 0.1) is 20.8 Å². The Hall–Kier alpha value is -1.75. The van der Waals surface area contributed by atoms with Gasteiger partial charge in [0.1, 0.15) is 5.75 Å². The fourth-order valence-electron chi connectivity index (χ4n) is 1.97. The molecule has 132 valence electrons. The predicted molar refractivity (Wildman–Crippen MR) is 103 cm³/mol. The highest BCUT2D eigenvalue weighted by Gasteiger charge is 2.09. The van der Waals surface area contributed by atoms with Crippen LogP contribution in [0.1, 0.15) is 23.6 Å². The summed E-state index contributed by atoms with van der Waals surface area (Å²) in [4.78, 5) is 11.9. The average molecular weight is 400 g/mol. The Balaban J connectivity index is 1.96. The minimum absolute atomic E-state index is 0.249. The number of hydrogen-bond acceptors (Lipinski definition) is 3. The van der Waals surface area contributed by atoms with Crippen molar-refractivity contribution in [1.29, 1.82) is 0 Å². The van der Waals surface area contributed by atoms with Gasteiger partial charge in [-0.2, -0.15) is 5.10 Å². The van der Waals surface area contributed by atoms with Crippen LogP contribution in [-0.2, 0) is 4.79 Å². The number of aryl methyl sites for hydroxylation is 2. The molecule has 0 aliphatic heterocycles. The van der Waals surface area contributed by atoms with Gasteiger partial charge in [-0.25, -0.2) is 5.43 Å². The van der Waals surface area contributed by atoms with Gasteiger partial charge in [0.15, 0.2) is 6.61 Å². The number of halogens is 3. The SMILES string of the molecule is CC(=NNC(=O)COc1cc(Cl)c(Cl)cc1Cl)c1ccc(C)c(C)c1. The number of ether oxygens (including phenoxy) is 1. The van der Waals surface area contributed by atoms with E-state index in [-0.39, 0.29) is 17.4 Å². The van der Waals surface area contributed by atoms with Crippen LogP contribution in [0, 0.1) is 13.8 Å². The van der Waals surface area contributed by atoms with Crippen molar-refractivity contribution in [2.75, 3.05) is 6.61 Å². The fourth-order valence-corrected chi connectivity index (χ4v) is 2.56. The lowest BCUT2D eigenvalue weighted by Gasteiger charge is -2.09. The van der Waals surface area contributed by atoms with E-state index >= 15 is 0 Å². The minimum atomic E-state index is -0.412. The highest BCUT2D eigenvalue weighted by Crippen LogP contribution is 2.33. The Morgan fingerprint density at radius 3 is 2.40 bits per heavy atom. The van der Waals surface area contributed by atoms with E-state index in [2.05, 4.69) is 10.5 Å². The molecule has 2 rings (SSSR count). The maximum atomic E-state index is 11.9. The van der Waals surface area contributed by atoms with Gasteiger partial charge in [-0.1, -0.05) is 46.9 Å². The van der Waals surface area contributed by atoms with Crippen molar-refractivity contribution in [3.8, 4) is 5.75 Å². The van der Waals surface area contributed by atoms with Crippen LogP contribution >= 0.6 is 34.8 Å². The second-order valence-electron chi connectivity index (χ2n) is 5.52. The zero-order valence-corrected chi connectivity index (χ0v) is 16.3. The van der Waals surface area contributed by atoms with Gasteiger partial charge < -0.3 is 4.74 Å². The quantitative estimate of drug-likeness (QED) is 0.428. The molecule has 0 aromatic heterocycles. The van der Waals surface area contributed by atoms with E-state index < -0.39 is 5.91 Å². The zero-order chi connectivity index (χ0) is 18.6. The van der Waals surface area contributed by atoms with Crippen LogP contribution in [0.5, 0.6) is 5.75 Å². The van der Waals surface area contributed by atoms with E-state index in [1.165, 1.54) is 17.7 Å². The maximum Gasteiger partial charge on any atom is 0.277 e. The van der Waals surface area contributed by atoms with Crippen molar-refractivity contribution in [1.82, 2.24) is 5.43 Å². The first-order chi connectivity index (χ1) is 11.8. The van der Waals surface area contributed by atoms with Gasteiger partial charge in [-0.3, -0.25) is 4.79 Å². The largest absolute Gasteiger partial charge is 0.482 e. The maximum absolute atomic E-state index is 11.9. The smallest absolute Gasteiger partial charge is 0.277 e. The molecular weight excluding hydrogens is 383 g/mol. The molecule has 0 aliphatic carbocycles. The molecule has 0 unspecified atom stereocenters. The van der Waals surface area contributed by atoms with Crippen molar-refractivity contribution < 1.29 is 9.53 Å². The first kappa shape index (κ1) is 19.6. The lowest BCUT2D eigenvalue weighted by Crippen LogP contribution is -2.25. The number of nitrogens with zero attached hydrogens (tertiary/aromatic N) is 1.